The summed E-state index contributed by atoms with van der Waals surface area (Å²) in [6.07, 6.45) is 0. The Balaban J connectivity index is 1.93. The van der Waals surface area contributed by atoms with Crippen LogP contribution in [-0.4, -0.2) is 42.3 Å². The predicted octanol–water partition coefficient (Wildman–Crippen LogP) is 2.22. The van der Waals surface area contributed by atoms with Crippen molar-refractivity contribution in [2.24, 2.45) is 0 Å². The Bertz CT molecular complexity index is 1240. The van der Waals surface area contributed by atoms with Crippen molar-refractivity contribution >= 4 is 34.7 Å². The number of nitrogens with zero attached hydrogens (tertiary/aromatic N) is 2. The van der Waals surface area contributed by atoms with E-state index in [-0.39, 0.29) is 43.7 Å². The number of hydrogen-bond acceptors (Lipinski definition) is 6. The van der Waals surface area contributed by atoms with Crippen LogP contribution < -0.4 is 27.2 Å². The standard InChI is InChI=1S/C23H26ClN5O4/c1-15-17(24)9-6-10-18(15)26-19(30)14-28(11-12-33-2)20-21(25)29(23(32)27-22(20)31)13-16-7-4-3-5-8-16/h3-10H,11-14,25H2,1-2H3,(H,26,30)(H,27,31,32). The first kappa shape index (κ1) is 24.1. The average molecular weight is 472 g/mol. The molecule has 1 heterocycles. The van der Waals surface area contributed by atoms with Crippen LogP contribution in [0.2, 0.25) is 5.02 Å². The lowest BCUT2D eigenvalue weighted by Gasteiger charge is -2.25. The van der Waals surface area contributed by atoms with Gasteiger partial charge >= 0.3 is 5.69 Å². The van der Waals surface area contributed by atoms with Crippen LogP contribution in [0, 0.1) is 6.92 Å². The molecule has 0 saturated carbocycles. The molecule has 9 nitrogen and oxygen atoms in total. The minimum absolute atomic E-state index is 0.0283. The van der Waals surface area contributed by atoms with Gasteiger partial charge in [0.2, 0.25) is 5.91 Å². The lowest BCUT2D eigenvalue weighted by atomic mass is 10.2. The quantitative estimate of drug-likeness (QED) is 0.440. The number of ether oxygens (including phenoxy) is 1. The largest absolute Gasteiger partial charge is 0.383 e. The number of aromatic nitrogens is 2. The van der Waals surface area contributed by atoms with E-state index in [1.54, 1.807) is 25.1 Å². The number of H-pyrrole nitrogens is 1. The molecular formula is C23H26ClN5O4. The summed E-state index contributed by atoms with van der Waals surface area (Å²) >= 11 is 6.14. The highest BCUT2D eigenvalue weighted by Gasteiger charge is 2.21. The molecule has 0 saturated heterocycles. The van der Waals surface area contributed by atoms with E-state index < -0.39 is 11.2 Å². The topological polar surface area (TPSA) is 122 Å². The van der Waals surface area contributed by atoms with Crippen LogP contribution in [-0.2, 0) is 16.1 Å². The van der Waals surface area contributed by atoms with E-state index in [2.05, 4.69) is 10.3 Å². The van der Waals surface area contributed by atoms with Gasteiger partial charge in [-0.2, -0.15) is 0 Å². The van der Waals surface area contributed by atoms with Crippen LogP contribution in [0.3, 0.4) is 0 Å². The number of carbonyl (C=O) groups excluding carboxylic acids is 1. The molecule has 4 N–H and O–H groups in total. The van der Waals surface area contributed by atoms with Crippen molar-refractivity contribution in [3.63, 3.8) is 0 Å². The maximum absolute atomic E-state index is 12.8. The second-order valence-electron chi connectivity index (χ2n) is 7.44. The first-order valence-electron chi connectivity index (χ1n) is 10.3. The molecule has 0 bridgehead atoms. The van der Waals surface area contributed by atoms with Gasteiger partial charge in [0.25, 0.3) is 5.56 Å². The Morgan fingerprint density at radius 2 is 1.91 bits per heavy atom. The molecule has 0 atom stereocenters. The molecule has 0 spiro atoms. The van der Waals surface area contributed by atoms with Crippen LogP contribution >= 0.6 is 11.6 Å². The monoisotopic (exact) mass is 471 g/mol. The number of halogens is 1. The molecule has 174 valence electrons. The summed E-state index contributed by atoms with van der Waals surface area (Å²) in [5, 5.41) is 3.33. The maximum atomic E-state index is 12.8. The minimum Gasteiger partial charge on any atom is -0.383 e. The van der Waals surface area contributed by atoms with E-state index in [0.29, 0.717) is 10.7 Å². The molecule has 2 aromatic carbocycles. The number of amides is 1. The van der Waals surface area contributed by atoms with E-state index in [1.165, 1.54) is 16.6 Å². The Kier molecular flexibility index (Phi) is 7.92. The van der Waals surface area contributed by atoms with E-state index in [0.717, 1.165) is 11.1 Å². The molecule has 3 aromatic rings. The molecule has 0 aliphatic heterocycles. The lowest BCUT2D eigenvalue weighted by Crippen LogP contribution is -2.43. The van der Waals surface area contributed by atoms with E-state index in [1.807, 2.05) is 30.3 Å². The Morgan fingerprint density at radius 1 is 1.18 bits per heavy atom. The average Bonchev–Trinajstić information content (AvgIpc) is 2.78. The molecule has 0 fully saturated rings. The van der Waals surface area contributed by atoms with Gasteiger partial charge in [0.15, 0.2) is 0 Å². The molecule has 0 radical (unpaired) electrons. The summed E-state index contributed by atoms with van der Waals surface area (Å²) in [6.45, 7) is 2.21. The first-order chi connectivity index (χ1) is 15.8. The smallest absolute Gasteiger partial charge is 0.330 e. The Morgan fingerprint density at radius 3 is 2.61 bits per heavy atom. The fourth-order valence-electron chi connectivity index (χ4n) is 3.38. The third-order valence-corrected chi connectivity index (χ3v) is 5.56. The van der Waals surface area contributed by atoms with Gasteiger partial charge in [-0.25, -0.2) is 4.79 Å². The van der Waals surface area contributed by atoms with Crippen LogP contribution in [0.1, 0.15) is 11.1 Å². The molecule has 0 aliphatic rings. The van der Waals surface area contributed by atoms with Gasteiger partial charge in [0.1, 0.15) is 11.5 Å². The third-order valence-electron chi connectivity index (χ3n) is 5.16. The zero-order chi connectivity index (χ0) is 24.0. The number of nitrogen functional groups attached to an aromatic ring is 1. The number of methoxy groups -OCH3 is 1. The predicted molar refractivity (Wildman–Crippen MR) is 130 cm³/mol. The van der Waals surface area contributed by atoms with Crippen LogP contribution in [0.15, 0.2) is 58.1 Å². The first-order valence-corrected chi connectivity index (χ1v) is 10.6. The van der Waals surface area contributed by atoms with Gasteiger partial charge in [-0.15, -0.1) is 0 Å². The Labute approximate surface area is 195 Å². The molecular weight excluding hydrogens is 446 g/mol. The van der Waals surface area contributed by atoms with E-state index in [4.69, 9.17) is 22.1 Å². The van der Waals surface area contributed by atoms with Gasteiger partial charge in [-0.1, -0.05) is 48.0 Å². The lowest BCUT2D eigenvalue weighted by molar-refractivity contribution is -0.115. The number of aromatic amines is 1. The zero-order valence-corrected chi connectivity index (χ0v) is 19.2. The van der Waals surface area contributed by atoms with Gasteiger partial charge < -0.3 is 20.7 Å². The Hall–Kier alpha value is -3.56. The van der Waals surface area contributed by atoms with Gasteiger partial charge in [0, 0.05) is 24.4 Å². The summed E-state index contributed by atoms with van der Waals surface area (Å²) in [6, 6.07) is 14.4. The maximum Gasteiger partial charge on any atom is 0.330 e. The summed E-state index contributed by atoms with van der Waals surface area (Å²) in [4.78, 5) is 41.8. The van der Waals surface area contributed by atoms with Gasteiger partial charge in [-0.05, 0) is 30.2 Å². The van der Waals surface area contributed by atoms with Crippen LogP contribution in [0.25, 0.3) is 0 Å². The fraction of sp³-hybridized carbons (Fsp3) is 0.261. The molecule has 33 heavy (non-hydrogen) atoms. The van der Waals surface area contributed by atoms with Crippen molar-refractivity contribution in [2.75, 3.05) is 42.8 Å². The molecule has 0 unspecified atom stereocenters. The zero-order valence-electron chi connectivity index (χ0n) is 18.4. The van der Waals surface area contributed by atoms with Crippen molar-refractivity contribution in [1.82, 2.24) is 9.55 Å². The van der Waals surface area contributed by atoms with Crippen LogP contribution in [0.4, 0.5) is 17.2 Å². The van der Waals surface area contributed by atoms with Gasteiger partial charge in [-0.3, -0.25) is 19.1 Å². The molecule has 3 rings (SSSR count). The number of benzene rings is 2. The summed E-state index contributed by atoms with van der Waals surface area (Å²) in [7, 11) is 1.51. The van der Waals surface area contributed by atoms with E-state index >= 15 is 0 Å². The van der Waals surface area contributed by atoms with Gasteiger partial charge in [0.05, 0.1) is 19.7 Å². The van der Waals surface area contributed by atoms with E-state index in [9.17, 15) is 14.4 Å². The van der Waals surface area contributed by atoms with Crippen LogP contribution in [0.5, 0.6) is 0 Å². The number of carbonyl (C=O) groups is 1. The number of nitrogens with one attached hydrogen (secondary N) is 2. The number of rotatable bonds is 9. The summed E-state index contributed by atoms with van der Waals surface area (Å²) < 4.78 is 6.41. The van der Waals surface area contributed by atoms with Crippen molar-refractivity contribution in [2.45, 2.75) is 13.5 Å². The normalized spacial score (nSPS) is 10.8. The molecule has 10 heteroatoms. The third kappa shape index (κ3) is 5.82. The summed E-state index contributed by atoms with van der Waals surface area (Å²) in [5.74, 6) is -0.411. The van der Waals surface area contributed by atoms with Crippen molar-refractivity contribution in [3.8, 4) is 0 Å². The summed E-state index contributed by atoms with van der Waals surface area (Å²) in [5.41, 5.74) is 7.14. The van der Waals surface area contributed by atoms with Crippen molar-refractivity contribution in [3.05, 3.63) is 85.5 Å². The highest BCUT2D eigenvalue weighted by Crippen LogP contribution is 2.23. The number of anilines is 3. The second kappa shape index (κ2) is 10.8. The minimum atomic E-state index is -0.676. The number of hydrogen-bond donors (Lipinski definition) is 3. The number of nitrogens with two attached hydrogens (primary N) is 1. The van der Waals surface area contributed by atoms with Crippen molar-refractivity contribution < 1.29 is 9.53 Å². The highest BCUT2D eigenvalue weighted by atomic mass is 35.5. The molecule has 1 aromatic heterocycles. The molecule has 0 aliphatic carbocycles. The SMILES string of the molecule is COCCN(CC(=O)Nc1cccc(Cl)c1C)c1c(N)n(Cc2ccccc2)c(=O)[nH]c1=O. The second-order valence-corrected chi connectivity index (χ2v) is 7.85. The fourth-order valence-corrected chi connectivity index (χ4v) is 3.56. The molecule has 1 amide bonds. The van der Waals surface area contributed by atoms with Crippen molar-refractivity contribution in [1.29, 1.82) is 0 Å². The highest BCUT2D eigenvalue weighted by molar-refractivity contribution is 6.31.